The lowest BCUT2D eigenvalue weighted by molar-refractivity contribution is -0.117. The van der Waals surface area contributed by atoms with Crippen LogP contribution in [0.4, 0.5) is 11.4 Å². The molecule has 7 heteroatoms. The summed E-state index contributed by atoms with van der Waals surface area (Å²) in [6, 6.07) is 18.5. The molecule has 4 aromatic rings. The van der Waals surface area contributed by atoms with Crippen molar-refractivity contribution in [3.8, 4) is 11.3 Å². The number of carbonyl (C=O) groups is 2. The molecule has 0 fully saturated rings. The van der Waals surface area contributed by atoms with Gasteiger partial charge in [-0.3, -0.25) is 19.0 Å². The van der Waals surface area contributed by atoms with Gasteiger partial charge in [-0.1, -0.05) is 48.9 Å². The first kappa shape index (κ1) is 23.9. The minimum absolute atomic E-state index is 0.163. The number of hydrogen-bond donors (Lipinski definition) is 2. The zero-order valence-corrected chi connectivity index (χ0v) is 20.3. The van der Waals surface area contributed by atoms with Gasteiger partial charge in [-0.2, -0.15) is 0 Å². The molecule has 35 heavy (non-hydrogen) atoms. The average Bonchev–Trinajstić information content (AvgIpc) is 2.84. The van der Waals surface area contributed by atoms with E-state index in [1.807, 2.05) is 63.2 Å². The summed E-state index contributed by atoms with van der Waals surface area (Å²) in [7, 11) is 0. The number of para-hydroxylation sites is 3. The first-order chi connectivity index (χ1) is 16.8. The molecule has 0 saturated heterocycles. The number of aryl methyl sites for hydroxylation is 3. The van der Waals surface area contributed by atoms with E-state index in [0.717, 1.165) is 22.4 Å². The molecule has 178 valence electrons. The van der Waals surface area contributed by atoms with Crippen LogP contribution in [0.2, 0.25) is 0 Å². The van der Waals surface area contributed by atoms with Crippen LogP contribution in [0, 0.1) is 20.8 Å². The highest BCUT2D eigenvalue weighted by molar-refractivity contribution is 5.96. The van der Waals surface area contributed by atoms with E-state index < -0.39 is 5.56 Å². The standard InChI is InChI=1S/C28H28N4O3/c1-5-24(33)29-21-14-13-17(2)15-20(21)27-28(35)32(23-12-7-6-11-22(23)30-27)16-25(34)31-26-18(3)9-8-10-19(26)4/h6-15H,5,16H2,1-4H3,(H,29,33)(H,31,34). The van der Waals surface area contributed by atoms with Gasteiger partial charge >= 0.3 is 0 Å². The molecule has 3 aromatic carbocycles. The maximum atomic E-state index is 13.7. The predicted octanol–water partition coefficient (Wildman–Crippen LogP) is 4.98. The minimum Gasteiger partial charge on any atom is -0.325 e. The molecule has 0 bridgehead atoms. The maximum Gasteiger partial charge on any atom is 0.278 e. The highest BCUT2D eigenvalue weighted by Gasteiger charge is 2.19. The largest absolute Gasteiger partial charge is 0.325 e. The van der Waals surface area contributed by atoms with E-state index in [-0.39, 0.29) is 24.1 Å². The number of nitrogens with one attached hydrogen (secondary N) is 2. The third-order valence-corrected chi connectivity index (χ3v) is 5.93. The third kappa shape index (κ3) is 4.99. The van der Waals surface area contributed by atoms with E-state index >= 15 is 0 Å². The number of amides is 2. The molecule has 0 spiro atoms. The number of fused-ring (bicyclic) bond motifs is 1. The van der Waals surface area contributed by atoms with E-state index in [0.29, 0.717) is 28.7 Å². The summed E-state index contributed by atoms with van der Waals surface area (Å²) < 4.78 is 1.44. The summed E-state index contributed by atoms with van der Waals surface area (Å²) in [5.41, 5.74) is 5.50. The van der Waals surface area contributed by atoms with Crippen LogP contribution in [0.1, 0.15) is 30.0 Å². The van der Waals surface area contributed by atoms with Crippen molar-refractivity contribution < 1.29 is 9.59 Å². The number of carbonyl (C=O) groups excluding carboxylic acids is 2. The molecule has 2 amide bonds. The lowest BCUT2D eigenvalue weighted by Gasteiger charge is -2.16. The van der Waals surface area contributed by atoms with Crippen LogP contribution in [-0.4, -0.2) is 21.4 Å². The Morgan fingerprint density at radius 3 is 2.31 bits per heavy atom. The zero-order valence-electron chi connectivity index (χ0n) is 20.3. The topological polar surface area (TPSA) is 93.1 Å². The Labute approximate surface area is 203 Å². The summed E-state index contributed by atoms with van der Waals surface area (Å²) in [6.45, 7) is 7.36. The van der Waals surface area contributed by atoms with Crippen LogP contribution in [0.5, 0.6) is 0 Å². The van der Waals surface area contributed by atoms with Crippen molar-refractivity contribution in [2.24, 2.45) is 0 Å². The molecule has 0 aliphatic carbocycles. The molecule has 0 aliphatic heterocycles. The van der Waals surface area contributed by atoms with Gasteiger partial charge < -0.3 is 10.6 Å². The van der Waals surface area contributed by atoms with Crippen LogP contribution in [0.15, 0.2) is 65.5 Å². The number of rotatable bonds is 6. The number of nitrogens with zero attached hydrogens (tertiary/aromatic N) is 2. The molecule has 0 radical (unpaired) electrons. The fourth-order valence-corrected chi connectivity index (χ4v) is 4.06. The highest BCUT2D eigenvalue weighted by Crippen LogP contribution is 2.27. The SMILES string of the molecule is CCC(=O)Nc1ccc(C)cc1-c1nc2ccccc2n(CC(=O)Nc2c(C)cccc2C)c1=O. The second kappa shape index (κ2) is 9.93. The van der Waals surface area contributed by atoms with Crippen molar-refractivity contribution >= 4 is 34.2 Å². The molecule has 0 unspecified atom stereocenters. The van der Waals surface area contributed by atoms with Crippen molar-refractivity contribution in [1.82, 2.24) is 9.55 Å². The second-order valence-corrected chi connectivity index (χ2v) is 8.61. The summed E-state index contributed by atoms with van der Waals surface area (Å²) in [6.07, 6.45) is 0.307. The zero-order chi connectivity index (χ0) is 25.1. The Morgan fingerprint density at radius 2 is 1.60 bits per heavy atom. The summed E-state index contributed by atoms with van der Waals surface area (Å²) in [5, 5.41) is 5.82. The quantitative estimate of drug-likeness (QED) is 0.418. The van der Waals surface area contributed by atoms with E-state index in [2.05, 4.69) is 15.6 Å². The monoisotopic (exact) mass is 468 g/mol. The minimum atomic E-state index is -0.405. The fourth-order valence-electron chi connectivity index (χ4n) is 4.06. The van der Waals surface area contributed by atoms with Gasteiger partial charge in [-0.25, -0.2) is 4.98 Å². The number of benzene rings is 3. The lowest BCUT2D eigenvalue weighted by Crippen LogP contribution is -2.30. The summed E-state index contributed by atoms with van der Waals surface area (Å²) in [5.74, 6) is -0.472. The smallest absolute Gasteiger partial charge is 0.278 e. The molecule has 0 saturated carbocycles. The van der Waals surface area contributed by atoms with Gasteiger partial charge in [-0.15, -0.1) is 0 Å². The van der Waals surface area contributed by atoms with Gasteiger partial charge in [0.05, 0.1) is 16.7 Å². The van der Waals surface area contributed by atoms with Crippen molar-refractivity contribution in [2.75, 3.05) is 10.6 Å². The van der Waals surface area contributed by atoms with E-state index in [1.165, 1.54) is 4.57 Å². The molecule has 0 aliphatic rings. The Hall–Kier alpha value is -4.26. The first-order valence-electron chi connectivity index (χ1n) is 11.5. The normalized spacial score (nSPS) is 10.9. The molecule has 1 heterocycles. The number of hydrogen-bond acceptors (Lipinski definition) is 4. The predicted molar refractivity (Wildman–Crippen MR) is 140 cm³/mol. The maximum absolute atomic E-state index is 13.7. The van der Waals surface area contributed by atoms with E-state index in [9.17, 15) is 14.4 Å². The Bertz CT molecular complexity index is 1480. The van der Waals surface area contributed by atoms with Crippen molar-refractivity contribution in [1.29, 1.82) is 0 Å². The number of aromatic nitrogens is 2. The molecule has 0 atom stereocenters. The van der Waals surface area contributed by atoms with Gasteiger partial charge in [0.2, 0.25) is 11.8 Å². The Kier molecular flexibility index (Phi) is 6.78. The average molecular weight is 469 g/mol. The van der Waals surface area contributed by atoms with Gasteiger partial charge in [0.15, 0.2) is 0 Å². The van der Waals surface area contributed by atoms with E-state index in [1.54, 1.807) is 25.1 Å². The Morgan fingerprint density at radius 1 is 0.886 bits per heavy atom. The molecule has 1 aromatic heterocycles. The molecular weight excluding hydrogens is 440 g/mol. The van der Waals surface area contributed by atoms with Gasteiger partial charge in [0, 0.05) is 17.7 Å². The fraction of sp³-hybridized carbons (Fsp3) is 0.214. The summed E-state index contributed by atoms with van der Waals surface area (Å²) >= 11 is 0. The van der Waals surface area contributed by atoms with Crippen LogP contribution in [0.3, 0.4) is 0 Å². The highest BCUT2D eigenvalue weighted by atomic mass is 16.2. The van der Waals surface area contributed by atoms with Crippen LogP contribution in [-0.2, 0) is 16.1 Å². The van der Waals surface area contributed by atoms with Gasteiger partial charge in [-0.05, 0) is 56.2 Å². The summed E-state index contributed by atoms with van der Waals surface area (Å²) in [4.78, 5) is 43.6. The van der Waals surface area contributed by atoms with Crippen molar-refractivity contribution in [3.63, 3.8) is 0 Å². The molecular formula is C28H28N4O3. The van der Waals surface area contributed by atoms with Crippen LogP contribution >= 0.6 is 0 Å². The second-order valence-electron chi connectivity index (χ2n) is 8.61. The number of anilines is 2. The van der Waals surface area contributed by atoms with Crippen molar-refractivity contribution in [3.05, 3.63) is 87.7 Å². The van der Waals surface area contributed by atoms with Gasteiger partial charge in [0.25, 0.3) is 5.56 Å². The molecule has 2 N–H and O–H groups in total. The lowest BCUT2D eigenvalue weighted by atomic mass is 10.1. The molecule has 7 nitrogen and oxygen atoms in total. The first-order valence-corrected chi connectivity index (χ1v) is 11.5. The Balaban J connectivity index is 1.83. The van der Waals surface area contributed by atoms with Crippen LogP contribution in [0.25, 0.3) is 22.3 Å². The molecule has 4 rings (SSSR count). The van der Waals surface area contributed by atoms with Crippen molar-refractivity contribution in [2.45, 2.75) is 40.7 Å². The van der Waals surface area contributed by atoms with E-state index in [4.69, 9.17) is 0 Å². The van der Waals surface area contributed by atoms with Gasteiger partial charge in [0.1, 0.15) is 12.2 Å². The third-order valence-electron chi connectivity index (χ3n) is 5.93. The van der Waals surface area contributed by atoms with Crippen LogP contribution < -0.4 is 16.2 Å².